The Morgan fingerprint density at radius 1 is 1.22 bits per heavy atom. The van der Waals surface area contributed by atoms with E-state index < -0.39 is 17.6 Å². The summed E-state index contributed by atoms with van der Waals surface area (Å²) < 4.78 is 31.2. The SMILES string of the molecule is O=C(O)c1cncc(Oc2cc(F)ccc2F)c1. The first-order valence-electron chi connectivity index (χ1n) is 4.87. The van der Waals surface area contributed by atoms with Gasteiger partial charge in [0.2, 0.25) is 0 Å². The molecule has 18 heavy (non-hydrogen) atoms. The number of hydrogen-bond acceptors (Lipinski definition) is 3. The lowest BCUT2D eigenvalue weighted by Crippen LogP contribution is -1.98. The third kappa shape index (κ3) is 2.60. The van der Waals surface area contributed by atoms with Crippen LogP contribution in [0, 0.1) is 11.6 Å². The molecule has 1 aromatic heterocycles. The minimum atomic E-state index is -1.19. The third-order valence-electron chi connectivity index (χ3n) is 2.08. The lowest BCUT2D eigenvalue weighted by molar-refractivity contribution is 0.0696. The molecule has 0 radical (unpaired) electrons. The smallest absolute Gasteiger partial charge is 0.337 e. The second-order valence-corrected chi connectivity index (χ2v) is 3.39. The van der Waals surface area contributed by atoms with Crippen molar-refractivity contribution in [3.63, 3.8) is 0 Å². The van der Waals surface area contributed by atoms with Gasteiger partial charge in [-0.3, -0.25) is 4.98 Å². The number of hydrogen-bond donors (Lipinski definition) is 1. The van der Waals surface area contributed by atoms with E-state index in [2.05, 4.69) is 4.98 Å². The van der Waals surface area contributed by atoms with Crippen molar-refractivity contribution in [2.75, 3.05) is 0 Å². The summed E-state index contributed by atoms with van der Waals surface area (Å²) in [6.45, 7) is 0. The average Bonchev–Trinajstić information content (AvgIpc) is 2.34. The molecule has 0 amide bonds. The van der Waals surface area contributed by atoms with Crippen LogP contribution in [0.1, 0.15) is 10.4 Å². The van der Waals surface area contributed by atoms with Crippen molar-refractivity contribution >= 4 is 5.97 Å². The van der Waals surface area contributed by atoms with Crippen LogP contribution in [0.4, 0.5) is 8.78 Å². The molecule has 0 aliphatic rings. The van der Waals surface area contributed by atoms with Crippen LogP contribution in [0.2, 0.25) is 0 Å². The van der Waals surface area contributed by atoms with Gasteiger partial charge < -0.3 is 9.84 Å². The summed E-state index contributed by atoms with van der Waals surface area (Å²) in [5, 5.41) is 8.74. The maximum absolute atomic E-state index is 13.3. The van der Waals surface area contributed by atoms with E-state index in [9.17, 15) is 13.6 Å². The fraction of sp³-hybridized carbons (Fsp3) is 0. The number of halogens is 2. The van der Waals surface area contributed by atoms with Gasteiger partial charge in [0.15, 0.2) is 11.6 Å². The molecule has 0 aliphatic heterocycles. The third-order valence-corrected chi connectivity index (χ3v) is 2.08. The molecule has 0 fully saturated rings. The van der Waals surface area contributed by atoms with Crippen molar-refractivity contribution in [1.82, 2.24) is 4.98 Å². The Morgan fingerprint density at radius 2 is 2.00 bits per heavy atom. The number of rotatable bonds is 3. The first kappa shape index (κ1) is 12.0. The highest BCUT2D eigenvalue weighted by molar-refractivity contribution is 5.87. The topological polar surface area (TPSA) is 59.4 Å². The fourth-order valence-corrected chi connectivity index (χ4v) is 1.27. The van der Waals surface area contributed by atoms with Crippen LogP contribution in [0.25, 0.3) is 0 Å². The molecule has 0 atom stereocenters. The number of carboxylic acid groups (broad SMARTS) is 1. The molecular weight excluding hydrogens is 244 g/mol. The van der Waals surface area contributed by atoms with Gasteiger partial charge >= 0.3 is 5.97 Å². The molecule has 0 bridgehead atoms. The lowest BCUT2D eigenvalue weighted by atomic mass is 10.3. The van der Waals surface area contributed by atoms with Crippen molar-refractivity contribution in [2.24, 2.45) is 0 Å². The number of aromatic nitrogens is 1. The maximum Gasteiger partial charge on any atom is 0.337 e. The molecule has 0 aliphatic carbocycles. The highest BCUT2D eigenvalue weighted by Crippen LogP contribution is 2.25. The summed E-state index contributed by atoms with van der Waals surface area (Å²) in [6.07, 6.45) is 2.33. The van der Waals surface area contributed by atoms with Crippen LogP contribution in [0.15, 0.2) is 36.7 Å². The van der Waals surface area contributed by atoms with E-state index in [1.165, 1.54) is 12.3 Å². The Hall–Kier alpha value is -2.50. The molecule has 1 N–H and O–H groups in total. The van der Waals surface area contributed by atoms with Crippen molar-refractivity contribution in [2.45, 2.75) is 0 Å². The van der Waals surface area contributed by atoms with Crippen LogP contribution < -0.4 is 4.74 Å². The number of nitrogens with zero attached hydrogens (tertiary/aromatic N) is 1. The number of pyridine rings is 1. The van der Waals surface area contributed by atoms with E-state index in [0.29, 0.717) is 0 Å². The van der Waals surface area contributed by atoms with Crippen molar-refractivity contribution < 1.29 is 23.4 Å². The highest BCUT2D eigenvalue weighted by atomic mass is 19.1. The monoisotopic (exact) mass is 251 g/mol. The summed E-state index contributed by atoms with van der Waals surface area (Å²) >= 11 is 0. The van der Waals surface area contributed by atoms with Crippen molar-refractivity contribution in [3.8, 4) is 11.5 Å². The zero-order valence-electron chi connectivity index (χ0n) is 8.93. The van der Waals surface area contributed by atoms with Crippen LogP contribution in [0.5, 0.6) is 11.5 Å². The van der Waals surface area contributed by atoms with Gasteiger partial charge in [-0.05, 0) is 18.2 Å². The Kier molecular flexibility index (Phi) is 3.18. The van der Waals surface area contributed by atoms with Crippen LogP contribution >= 0.6 is 0 Å². The van der Waals surface area contributed by atoms with E-state index in [0.717, 1.165) is 24.4 Å². The number of aromatic carboxylic acids is 1. The zero-order valence-corrected chi connectivity index (χ0v) is 8.93. The highest BCUT2D eigenvalue weighted by Gasteiger charge is 2.09. The normalized spacial score (nSPS) is 10.1. The average molecular weight is 251 g/mol. The molecule has 0 unspecified atom stereocenters. The van der Waals surface area contributed by atoms with Crippen LogP contribution in [-0.4, -0.2) is 16.1 Å². The van der Waals surface area contributed by atoms with E-state index in [4.69, 9.17) is 9.84 Å². The molecule has 2 aromatic rings. The number of carbonyl (C=O) groups is 1. The Labute approximate surface area is 100 Å². The van der Waals surface area contributed by atoms with Gasteiger partial charge in [-0.2, -0.15) is 0 Å². The van der Waals surface area contributed by atoms with Gasteiger partial charge in [0, 0.05) is 12.3 Å². The molecule has 6 heteroatoms. The summed E-state index contributed by atoms with van der Waals surface area (Å²) in [7, 11) is 0. The Balaban J connectivity index is 2.31. The second kappa shape index (κ2) is 4.79. The summed E-state index contributed by atoms with van der Waals surface area (Å²) in [4.78, 5) is 14.3. The largest absolute Gasteiger partial charge is 0.478 e. The molecular formula is C12H7F2NO3. The zero-order chi connectivity index (χ0) is 13.1. The minimum Gasteiger partial charge on any atom is -0.478 e. The Bertz CT molecular complexity index is 602. The summed E-state index contributed by atoms with van der Waals surface area (Å²) in [5.74, 6) is -2.92. The van der Waals surface area contributed by atoms with Gasteiger partial charge in [-0.15, -0.1) is 0 Å². The fourth-order valence-electron chi connectivity index (χ4n) is 1.27. The predicted molar refractivity (Wildman–Crippen MR) is 57.6 cm³/mol. The molecule has 4 nitrogen and oxygen atoms in total. The van der Waals surface area contributed by atoms with E-state index in [-0.39, 0.29) is 17.1 Å². The second-order valence-electron chi connectivity index (χ2n) is 3.39. The van der Waals surface area contributed by atoms with E-state index >= 15 is 0 Å². The molecule has 0 spiro atoms. The molecule has 1 heterocycles. The molecule has 92 valence electrons. The van der Waals surface area contributed by atoms with Crippen LogP contribution in [0.3, 0.4) is 0 Å². The molecule has 1 aromatic carbocycles. The number of benzene rings is 1. The van der Waals surface area contributed by atoms with E-state index in [1.807, 2.05) is 0 Å². The van der Waals surface area contributed by atoms with Gasteiger partial charge in [-0.25, -0.2) is 13.6 Å². The van der Waals surface area contributed by atoms with Crippen LogP contribution in [-0.2, 0) is 0 Å². The first-order valence-corrected chi connectivity index (χ1v) is 4.87. The van der Waals surface area contributed by atoms with Crippen molar-refractivity contribution in [1.29, 1.82) is 0 Å². The van der Waals surface area contributed by atoms with Gasteiger partial charge in [0.1, 0.15) is 11.6 Å². The van der Waals surface area contributed by atoms with Crippen molar-refractivity contribution in [3.05, 3.63) is 53.9 Å². The quantitative estimate of drug-likeness (QED) is 0.911. The molecule has 2 rings (SSSR count). The minimum absolute atomic E-state index is 0.0133. The number of carboxylic acids is 1. The predicted octanol–water partition coefficient (Wildman–Crippen LogP) is 2.85. The lowest BCUT2D eigenvalue weighted by Gasteiger charge is -2.06. The van der Waals surface area contributed by atoms with Gasteiger partial charge in [0.25, 0.3) is 0 Å². The summed E-state index contributed by atoms with van der Waals surface area (Å²) in [5.41, 5.74) is -0.107. The molecule has 0 saturated heterocycles. The number of ether oxygens (including phenoxy) is 1. The molecule has 0 saturated carbocycles. The Morgan fingerprint density at radius 3 is 2.72 bits per heavy atom. The first-order chi connectivity index (χ1) is 8.56. The maximum atomic E-state index is 13.3. The van der Waals surface area contributed by atoms with Gasteiger partial charge in [0.05, 0.1) is 11.8 Å². The standard InChI is InChI=1S/C12H7F2NO3/c13-8-1-2-10(14)11(4-8)18-9-3-7(12(16)17)5-15-6-9/h1-6H,(H,16,17). The van der Waals surface area contributed by atoms with E-state index in [1.54, 1.807) is 0 Å². The van der Waals surface area contributed by atoms with Gasteiger partial charge in [-0.1, -0.05) is 0 Å². The summed E-state index contributed by atoms with van der Waals surface area (Å²) in [6, 6.07) is 3.90.